The highest BCUT2D eigenvalue weighted by molar-refractivity contribution is 5.61. The molecular weight excluding hydrogens is 260 g/mol. The Labute approximate surface area is 129 Å². The lowest BCUT2D eigenvalue weighted by molar-refractivity contribution is 0.145. The number of nitrogens with zero attached hydrogens (tertiary/aromatic N) is 1. The van der Waals surface area contributed by atoms with Gasteiger partial charge < -0.3 is 15.4 Å². The van der Waals surface area contributed by atoms with E-state index in [1.54, 1.807) is 0 Å². The number of anilines is 1. The van der Waals surface area contributed by atoms with Crippen molar-refractivity contribution < 1.29 is 4.74 Å². The predicted octanol–water partition coefficient (Wildman–Crippen LogP) is 3.95. The zero-order chi connectivity index (χ0) is 15.2. The fourth-order valence-electron chi connectivity index (χ4n) is 2.85. The van der Waals surface area contributed by atoms with Crippen molar-refractivity contribution in [1.29, 1.82) is 0 Å². The van der Waals surface area contributed by atoms with Crippen molar-refractivity contribution in [2.45, 2.75) is 59.1 Å². The summed E-state index contributed by atoms with van der Waals surface area (Å²) >= 11 is 0. The molecule has 1 unspecified atom stereocenters. The lowest BCUT2D eigenvalue weighted by Gasteiger charge is -2.38. The second-order valence-corrected chi connectivity index (χ2v) is 6.41. The first-order valence-corrected chi connectivity index (χ1v) is 8.40. The van der Waals surface area contributed by atoms with E-state index < -0.39 is 0 Å². The van der Waals surface area contributed by atoms with Crippen molar-refractivity contribution in [2.75, 3.05) is 18.0 Å². The van der Waals surface area contributed by atoms with Gasteiger partial charge in [-0.1, -0.05) is 46.1 Å². The minimum atomic E-state index is 0.275. The van der Waals surface area contributed by atoms with Crippen LogP contribution >= 0.6 is 0 Å². The number of benzene rings is 1. The minimum absolute atomic E-state index is 0.275. The Hall–Kier alpha value is -1.22. The summed E-state index contributed by atoms with van der Waals surface area (Å²) in [5.41, 5.74) is 8.14. The summed E-state index contributed by atoms with van der Waals surface area (Å²) < 4.78 is 6.20. The van der Waals surface area contributed by atoms with Gasteiger partial charge in [-0.2, -0.15) is 0 Å². The van der Waals surface area contributed by atoms with Crippen LogP contribution in [-0.2, 0) is 6.54 Å². The molecule has 1 aromatic rings. The van der Waals surface area contributed by atoms with Crippen molar-refractivity contribution in [2.24, 2.45) is 11.7 Å². The lowest BCUT2D eigenvalue weighted by Crippen LogP contribution is -2.43. The summed E-state index contributed by atoms with van der Waals surface area (Å²) in [5.74, 6) is 1.54. The number of ether oxygens (including phenoxy) is 1. The molecule has 1 aromatic carbocycles. The molecule has 0 saturated carbocycles. The van der Waals surface area contributed by atoms with Crippen molar-refractivity contribution >= 4 is 5.69 Å². The largest absolute Gasteiger partial charge is 0.486 e. The van der Waals surface area contributed by atoms with Crippen LogP contribution in [0, 0.1) is 5.92 Å². The maximum Gasteiger partial charge on any atom is 0.143 e. The van der Waals surface area contributed by atoms with Gasteiger partial charge in [-0.25, -0.2) is 0 Å². The molecule has 3 heteroatoms. The van der Waals surface area contributed by atoms with Crippen molar-refractivity contribution in [3.05, 3.63) is 23.8 Å². The van der Waals surface area contributed by atoms with Crippen LogP contribution in [0.15, 0.2) is 18.2 Å². The molecule has 1 aliphatic heterocycles. The normalized spacial score (nSPS) is 17.8. The third kappa shape index (κ3) is 4.13. The fourth-order valence-corrected chi connectivity index (χ4v) is 2.85. The first-order chi connectivity index (χ1) is 10.2. The van der Waals surface area contributed by atoms with Gasteiger partial charge >= 0.3 is 0 Å². The molecule has 3 nitrogen and oxygen atoms in total. The molecule has 1 heterocycles. The van der Waals surface area contributed by atoms with Crippen LogP contribution < -0.4 is 15.4 Å². The van der Waals surface area contributed by atoms with Gasteiger partial charge in [0.05, 0.1) is 12.2 Å². The van der Waals surface area contributed by atoms with E-state index in [-0.39, 0.29) is 6.10 Å². The molecule has 0 fully saturated rings. The summed E-state index contributed by atoms with van der Waals surface area (Å²) in [6, 6.07) is 6.41. The van der Waals surface area contributed by atoms with E-state index in [1.807, 2.05) is 0 Å². The van der Waals surface area contributed by atoms with Crippen LogP contribution in [0.25, 0.3) is 0 Å². The van der Waals surface area contributed by atoms with E-state index in [2.05, 4.69) is 43.9 Å². The highest BCUT2D eigenvalue weighted by Crippen LogP contribution is 2.36. The van der Waals surface area contributed by atoms with E-state index in [9.17, 15) is 0 Å². The van der Waals surface area contributed by atoms with Crippen LogP contribution in [-0.4, -0.2) is 19.2 Å². The van der Waals surface area contributed by atoms with E-state index in [0.717, 1.165) is 24.4 Å². The number of hydrogen-bond acceptors (Lipinski definition) is 3. The summed E-state index contributed by atoms with van der Waals surface area (Å²) in [4.78, 5) is 2.50. The Morgan fingerprint density at radius 3 is 2.76 bits per heavy atom. The van der Waals surface area contributed by atoms with Crippen LogP contribution in [0.2, 0.25) is 0 Å². The van der Waals surface area contributed by atoms with Crippen LogP contribution in [0.4, 0.5) is 5.69 Å². The Bertz CT molecular complexity index is 445. The third-order valence-corrected chi connectivity index (χ3v) is 4.30. The Balaban J connectivity index is 2.12. The van der Waals surface area contributed by atoms with Gasteiger partial charge in [-0.05, 0) is 30.0 Å². The molecule has 2 rings (SSSR count). The first-order valence-electron chi connectivity index (χ1n) is 8.40. The summed E-state index contributed by atoms with van der Waals surface area (Å²) in [6.45, 7) is 9.42. The molecular formula is C18H30N2O. The van der Waals surface area contributed by atoms with Gasteiger partial charge in [0, 0.05) is 13.1 Å². The molecule has 0 spiro atoms. The monoisotopic (exact) mass is 290 g/mol. The van der Waals surface area contributed by atoms with Crippen LogP contribution in [0.5, 0.6) is 5.75 Å². The van der Waals surface area contributed by atoms with Crippen molar-refractivity contribution in [3.8, 4) is 5.75 Å². The smallest absolute Gasteiger partial charge is 0.143 e. The number of nitrogens with two attached hydrogens (primary N) is 1. The standard InChI is InChI=1S/C18H30N2O/c1-4-5-6-7-10-20-13-18(14(2)3)21-17-11-15(12-19)8-9-16(17)20/h8-9,11,14,18H,4-7,10,12-13,19H2,1-3H3. The Kier molecular flexibility index (Phi) is 5.92. The molecule has 0 amide bonds. The van der Waals surface area contributed by atoms with Crippen molar-refractivity contribution in [1.82, 2.24) is 0 Å². The predicted molar refractivity (Wildman–Crippen MR) is 89.9 cm³/mol. The molecule has 1 atom stereocenters. The molecule has 1 aliphatic rings. The Morgan fingerprint density at radius 1 is 1.29 bits per heavy atom. The third-order valence-electron chi connectivity index (χ3n) is 4.30. The average Bonchev–Trinajstić information content (AvgIpc) is 2.50. The number of rotatable bonds is 7. The molecule has 0 aromatic heterocycles. The van der Waals surface area contributed by atoms with Crippen molar-refractivity contribution in [3.63, 3.8) is 0 Å². The quantitative estimate of drug-likeness (QED) is 0.773. The van der Waals surface area contributed by atoms with Crippen LogP contribution in [0.1, 0.15) is 52.0 Å². The van der Waals surface area contributed by atoms with Gasteiger partial charge in [0.2, 0.25) is 0 Å². The SMILES string of the molecule is CCCCCCN1CC(C(C)C)Oc2cc(CN)ccc21. The molecule has 0 radical (unpaired) electrons. The second kappa shape index (κ2) is 7.69. The summed E-state index contributed by atoms with van der Waals surface area (Å²) in [5, 5.41) is 0. The van der Waals surface area contributed by atoms with Gasteiger partial charge in [-0.3, -0.25) is 0 Å². The zero-order valence-electron chi connectivity index (χ0n) is 13.8. The van der Waals surface area contributed by atoms with E-state index >= 15 is 0 Å². The van der Waals surface area contributed by atoms with Gasteiger partial charge in [0.1, 0.15) is 11.9 Å². The van der Waals surface area contributed by atoms with Gasteiger partial charge in [-0.15, -0.1) is 0 Å². The van der Waals surface area contributed by atoms with Crippen LogP contribution in [0.3, 0.4) is 0 Å². The van der Waals surface area contributed by atoms with E-state index in [4.69, 9.17) is 10.5 Å². The highest BCUT2D eigenvalue weighted by atomic mass is 16.5. The Morgan fingerprint density at radius 2 is 2.10 bits per heavy atom. The molecule has 21 heavy (non-hydrogen) atoms. The number of unbranched alkanes of at least 4 members (excludes halogenated alkanes) is 3. The second-order valence-electron chi connectivity index (χ2n) is 6.41. The molecule has 0 bridgehead atoms. The summed E-state index contributed by atoms with van der Waals surface area (Å²) in [6.07, 6.45) is 5.47. The van der Waals surface area contributed by atoms with Gasteiger partial charge in [0.15, 0.2) is 0 Å². The number of hydrogen-bond donors (Lipinski definition) is 1. The first kappa shape index (κ1) is 16.2. The van der Waals surface area contributed by atoms with E-state index in [1.165, 1.54) is 31.4 Å². The number of fused-ring (bicyclic) bond motifs is 1. The maximum atomic E-state index is 6.20. The topological polar surface area (TPSA) is 38.5 Å². The molecule has 0 aliphatic carbocycles. The molecule has 2 N–H and O–H groups in total. The van der Waals surface area contributed by atoms with E-state index in [0.29, 0.717) is 12.5 Å². The van der Waals surface area contributed by atoms with Gasteiger partial charge in [0.25, 0.3) is 0 Å². The highest BCUT2D eigenvalue weighted by Gasteiger charge is 2.27. The lowest BCUT2D eigenvalue weighted by atomic mass is 10.0. The average molecular weight is 290 g/mol. The summed E-state index contributed by atoms with van der Waals surface area (Å²) in [7, 11) is 0. The molecule has 0 saturated heterocycles. The maximum absolute atomic E-state index is 6.20. The minimum Gasteiger partial charge on any atom is -0.486 e. The zero-order valence-corrected chi connectivity index (χ0v) is 13.8. The molecule has 118 valence electrons. The fraction of sp³-hybridized carbons (Fsp3) is 0.667.